The molecule has 2 heterocycles. The van der Waals surface area contributed by atoms with Crippen molar-refractivity contribution in [2.75, 3.05) is 25.6 Å². The molecule has 1 aromatic heterocycles. The van der Waals surface area contributed by atoms with Gasteiger partial charge in [0.1, 0.15) is 18.0 Å². The first-order valence-corrected chi connectivity index (χ1v) is 6.46. The van der Waals surface area contributed by atoms with E-state index in [0.717, 1.165) is 10.9 Å². The zero-order valence-electron chi connectivity index (χ0n) is 10.0. The van der Waals surface area contributed by atoms with Crippen LogP contribution in [0.5, 0.6) is 0 Å². The van der Waals surface area contributed by atoms with Crippen LogP contribution in [0.1, 0.15) is 12.0 Å². The van der Waals surface area contributed by atoms with Crippen LogP contribution in [0.2, 0.25) is 0 Å². The Hall–Kier alpha value is -1.16. The van der Waals surface area contributed by atoms with Gasteiger partial charge < -0.3 is 14.8 Å². The fourth-order valence-corrected chi connectivity index (χ4v) is 2.26. The topological polar surface area (TPSA) is 67.2 Å². The minimum absolute atomic E-state index is 0.0178. The summed E-state index contributed by atoms with van der Waals surface area (Å²) in [5.74, 6) is 0.592. The van der Waals surface area contributed by atoms with E-state index in [1.807, 2.05) is 0 Å². The van der Waals surface area contributed by atoms with Crippen molar-refractivity contribution in [2.24, 2.45) is 0 Å². The Bertz CT molecular complexity index is 461. The number of hydrogen-bond acceptors (Lipinski definition) is 5. The van der Waals surface area contributed by atoms with E-state index in [2.05, 4.69) is 32.3 Å². The maximum absolute atomic E-state index is 9.09. The average molecular weight is 312 g/mol. The normalized spacial score (nSPS) is 23.4. The van der Waals surface area contributed by atoms with Crippen molar-refractivity contribution in [1.29, 1.82) is 5.26 Å². The predicted octanol–water partition coefficient (Wildman–Crippen LogP) is 1.93. The van der Waals surface area contributed by atoms with Crippen molar-refractivity contribution in [3.05, 3.63) is 22.3 Å². The van der Waals surface area contributed by atoms with E-state index in [-0.39, 0.29) is 12.1 Å². The van der Waals surface area contributed by atoms with Gasteiger partial charge in [-0.15, -0.1) is 0 Å². The molecule has 1 N–H and O–H groups in total. The number of ether oxygens (including phenoxy) is 2. The van der Waals surface area contributed by atoms with Crippen molar-refractivity contribution in [1.82, 2.24) is 4.98 Å². The Morgan fingerprint density at radius 2 is 2.50 bits per heavy atom. The Morgan fingerprint density at radius 1 is 1.67 bits per heavy atom. The maximum Gasteiger partial charge on any atom is 0.144 e. The molecule has 0 saturated carbocycles. The highest BCUT2D eigenvalue weighted by atomic mass is 79.9. The largest absolute Gasteiger partial charge is 0.379 e. The number of pyridine rings is 1. The minimum Gasteiger partial charge on any atom is -0.379 e. The van der Waals surface area contributed by atoms with E-state index >= 15 is 0 Å². The molecule has 1 fully saturated rings. The van der Waals surface area contributed by atoms with Crippen LogP contribution in [0.3, 0.4) is 0 Å². The SMILES string of the molecule is CO[C@H]1COCC[C@H]1Nc1ncc(Br)cc1C#N. The lowest BCUT2D eigenvalue weighted by Crippen LogP contribution is -2.43. The second kappa shape index (κ2) is 6.14. The summed E-state index contributed by atoms with van der Waals surface area (Å²) in [7, 11) is 1.66. The van der Waals surface area contributed by atoms with Crippen LogP contribution < -0.4 is 5.32 Å². The first-order chi connectivity index (χ1) is 8.74. The van der Waals surface area contributed by atoms with Crippen molar-refractivity contribution in [3.63, 3.8) is 0 Å². The summed E-state index contributed by atoms with van der Waals surface area (Å²) in [4.78, 5) is 4.24. The summed E-state index contributed by atoms with van der Waals surface area (Å²) >= 11 is 3.30. The summed E-state index contributed by atoms with van der Waals surface area (Å²) in [6.45, 7) is 1.25. The molecule has 1 aliphatic heterocycles. The van der Waals surface area contributed by atoms with Crippen molar-refractivity contribution in [3.8, 4) is 6.07 Å². The summed E-state index contributed by atoms with van der Waals surface area (Å²) in [5, 5.41) is 12.4. The van der Waals surface area contributed by atoms with Gasteiger partial charge in [0.15, 0.2) is 0 Å². The molecule has 0 spiro atoms. The number of nitrogens with one attached hydrogen (secondary N) is 1. The fourth-order valence-electron chi connectivity index (χ4n) is 1.92. The third-order valence-corrected chi connectivity index (χ3v) is 3.34. The molecule has 5 nitrogen and oxygen atoms in total. The lowest BCUT2D eigenvalue weighted by atomic mass is 10.1. The molecule has 2 rings (SSSR count). The molecule has 0 bridgehead atoms. The molecule has 0 radical (unpaired) electrons. The molecule has 0 amide bonds. The van der Waals surface area contributed by atoms with Gasteiger partial charge in [-0.1, -0.05) is 0 Å². The average Bonchev–Trinajstić information content (AvgIpc) is 2.41. The molecule has 2 atom stereocenters. The van der Waals surface area contributed by atoms with Gasteiger partial charge in [-0.05, 0) is 28.4 Å². The predicted molar refractivity (Wildman–Crippen MR) is 70.3 cm³/mol. The van der Waals surface area contributed by atoms with E-state index in [9.17, 15) is 0 Å². The molecule has 6 heteroatoms. The Morgan fingerprint density at radius 3 is 3.22 bits per heavy atom. The monoisotopic (exact) mass is 311 g/mol. The molecule has 1 aromatic rings. The van der Waals surface area contributed by atoms with Crippen molar-refractivity contribution in [2.45, 2.75) is 18.6 Å². The van der Waals surface area contributed by atoms with Crippen LogP contribution in [0, 0.1) is 11.3 Å². The van der Waals surface area contributed by atoms with Gasteiger partial charge >= 0.3 is 0 Å². The summed E-state index contributed by atoms with van der Waals surface area (Å²) in [5.41, 5.74) is 0.519. The van der Waals surface area contributed by atoms with Gasteiger partial charge in [-0.3, -0.25) is 0 Å². The highest BCUT2D eigenvalue weighted by Crippen LogP contribution is 2.21. The number of nitrogens with zero attached hydrogens (tertiary/aromatic N) is 2. The zero-order valence-corrected chi connectivity index (χ0v) is 11.6. The van der Waals surface area contributed by atoms with Crippen LogP contribution in [0.25, 0.3) is 0 Å². The summed E-state index contributed by atoms with van der Waals surface area (Å²) in [6, 6.07) is 3.99. The third kappa shape index (κ3) is 2.99. The lowest BCUT2D eigenvalue weighted by Gasteiger charge is -2.31. The number of halogens is 1. The lowest BCUT2D eigenvalue weighted by molar-refractivity contribution is -0.0367. The molecular weight excluding hydrogens is 298 g/mol. The second-order valence-electron chi connectivity index (χ2n) is 4.05. The van der Waals surface area contributed by atoms with E-state index in [1.54, 1.807) is 19.4 Å². The summed E-state index contributed by atoms with van der Waals surface area (Å²) < 4.78 is 11.5. The molecule has 0 unspecified atom stereocenters. The van der Waals surface area contributed by atoms with E-state index < -0.39 is 0 Å². The Balaban J connectivity index is 2.15. The second-order valence-corrected chi connectivity index (χ2v) is 4.97. The third-order valence-electron chi connectivity index (χ3n) is 2.90. The van der Waals surface area contributed by atoms with Gasteiger partial charge in [0.2, 0.25) is 0 Å². The van der Waals surface area contributed by atoms with Crippen LogP contribution >= 0.6 is 15.9 Å². The first-order valence-electron chi connectivity index (χ1n) is 5.67. The Kier molecular flexibility index (Phi) is 4.53. The molecule has 0 aliphatic carbocycles. The van der Waals surface area contributed by atoms with Gasteiger partial charge in [-0.25, -0.2) is 4.98 Å². The van der Waals surface area contributed by atoms with Crippen molar-refractivity contribution < 1.29 is 9.47 Å². The smallest absolute Gasteiger partial charge is 0.144 e. The quantitative estimate of drug-likeness (QED) is 0.924. The molecule has 18 heavy (non-hydrogen) atoms. The minimum atomic E-state index is -0.0178. The van der Waals surface area contributed by atoms with E-state index in [0.29, 0.717) is 24.6 Å². The number of anilines is 1. The number of nitriles is 1. The summed E-state index contributed by atoms with van der Waals surface area (Å²) in [6.07, 6.45) is 2.49. The molecule has 96 valence electrons. The van der Waals surface area contributed by atoms with Gasteiger partial charge in [0.05, 0.1) is 18.2 Å². The number of rotatable bonds is 3. The van der Waals surface area contributed by atoms with Gasteiger partial charge in [0.25, 0.3) is 0 Å². The maximum atomic E-state index is 9.09. The number of aromatic nitrogens is 1. The molecule has 1 saturated heterocycles. The standard InChI is InChI=1S/C12H14BrN3O2/c1-17-11-7-18-3-2-10(11)16-12-8(5-14)4-9(13)6-15-12/h4,6,10-11H,2-3,7H2,1H3,(H,15,16)/t10-,11+/m1/s1. The Labute approximate surface area is 114 Å². The molecule has 1 aliphatic rings. The van der Waals surface area contributed by atoms with Gasteiger partial charge in [-0.2, -0.15) is 5.26 Å². The molecule has 0 aromatic carbocycles. The van der Waals surface area contributed by atoms with E-state index in [1.165, 1.54) is 0 Å². The highest BCUT2D eigenvalue weighted by Gasteiger charge is 2.26. The van der Waals surface area contributed by atoms with Crippen LogP contribution in [0.4, 0.5) is 5.82 Å². The van der Waals surface area contributed by atoms with Gasteiger partial charge in [0, 0.05) is 24.4 Å². The number of hydrogen-bond donors (Lipinski definition) is 1. The zero-order chi connectivity index (χ0) is 13.0. The highest BCUT2D eigenvalue weighted by molar-refractivity contribution is 9.10. The van der Waals surface area contributed by atoms with Crippen molar-refractivity contribution >= 4 is 21.7 Å². The van der Waals surface area contributed by atoms with Crippen LogP contribution in [-0.2, 0) is 9.47 Å². The molecular formula is C12H14BrN3O2. The van der Waals surface area contributed by atoms with Crippen LogP contribution in [-0.4, -0.2) is 37.5 Å². The van der Waals surface area contributed by atoms with Crippen LogP contribution in [0.15, 0.2) is 16.7 Å². The first kappa shape index (κ1) is 13.3. The number of methoxy groups -OCH3 is 1. The fraction of sp³-hybridized carbons (Fsp3) is 0.500. The van der Waals surface area contributed by atoms with E-state index in [4.69, 9.17) is 14.7 Å².